The smallest absolute Gasteiger partial charge is 0.283 e. The molecule has 0 aliphatic rings. The highest BCUT2D eigenvalue weighted by molar-refractivity contribution is 9.10. The second-order valence-electron chi connectivity index (χ2n) is 3.98. The molecular weight excluding hydrogens is 342 g/mol. The standard InChI is InChI=1S/C14H10BrNO3S/c15-14-11(2-1-3-13(14)16(18)19)9-20-12-6-4-10(8-17)5-7-12/h1-8H,9H2. The molecule has 6 heteroatoms. The quantitative estimate of drug-likeness (QED) is 0.345. The average molecular weight is 352 g/mol. The Labute approximate surface area is 128 Å². The van der Waals surface area contributed by atoms with Crippen LogP contribution in [0.5, 0.6) is 0 Å². The van der Waals surface area contributed by atoms with E-state index < -0.39 is 4.92 Å². The first-order valence-corrected chi connectivity index (χ1v) is 7.49. The molecule has 0 aliphatic carbocycles. The van der Waals surface area contributed by atoms with Crippen LogP contribution < -0.4 is 0 Å². The number of carbonyl (C=O) groups excluding carboxylic acids is 1. The van der Waals surface area contributed by atoms with Crippen LogP contribution in [0.25, 0.3) is 0 Å². The van der Waals surface area contributed by atoms with Crippen molar-refractivity contribution in [1.82, 2.24) is 0 Å². The monoisotopic (exact) mass is 351 g/mol. The van der Waals surface area contributed by atoms with Gasteiger partial charge in [-0.25, -0.2) is 0 Å². The first-order chi connectivity index (χ1) is 9.61. The van der Waals surface area contributed by atoms with Gasteiger partial charge in [0.25, 0.3) is 5.69 Å². The van der Waals surface area contributed by atoms with Crippen molar-refractivity contribution in [2.45, 2.75) is 10.6 Å². The first kappa shape index (κ1) is 14.7. The number of nitro benzene ring substituents is 1. The molecule has 0 fully saturated rings. The lowest BCUT2D eigenvalue weighted by atomic mass is 10.2. The van der Waals surface area contributed by atoms with Crippen LogP contribution in [0.15, 0.2) is 51.8 Å². The molecule has 102 valence electrons. The third-order valence-corrected chi connectivity index (χ3v) is 4.64. The highest BCUT2D eigenvalue weighted by Crippen LogP contribution is 2.32. The number of hydrogen-bond acceptors (Lipinski definition) is 4. The fraction of sp³-hybridized carbons (Fsp3) is 0.0714. The fourth-order valence-corrected chi connectivity index (χ4v) is 3.25. The van der Waals surface area contributed by atoms with Gasteiger partial charge in [0, 0.05) is 22.3 Å². The summed E-state index contributed by atoms with van der Waals surface area (Å²) < 4.78 is 0.516. The Morgan fingerprint density at radius 3 is 2.50 bits per heavy atom. The van der Waals surface area contributed by atoms with E-state index in [4.69, 9.17) is 0 Å². The number of hydrogen-bond donors (Lipinski definition) is 0. The lowest BCUT2D eigenvalue weighted by Gasteiger charge is -2.05. The van der Waals surface area contributed by atoms with Crippen LogP contribution in [0, 0.1) is 10.1 Å². The van der Waals surface area contributed by atoms with E-state index >= 15 is 0 Å². The topological polar surface area (TPSA) is 60.2 Å². The largest absolute Gasteiger partial charge is 0.298 e. The molecule has 20 heavy (non-hydrogen) atoms. The third kappa shape index (κ3) is 3.46. The summed E-state index contributed by atoms with van der Waals surface area (Å²) in [5.74, 6) is 0.614. The highest BCUT2D eigenvalue weighted by atomic mass is 79.9. The van der Waals surface area contributed by atoms with E-state index in [-0.39, 0.29) is 5.69 Å². The maximum Gasteiger partial charge on any atom is 0.283 e. The SMILES string of the molecule is O=Cc1ccc(SCc2cccc([N+](=O)[O-])c2Br)cc1. The summed E-state index contributed by atoms with van der Waals surface area (Å²) in [5.41, 5.74) is 1.56. The second kappa shape index (κ2) is 6.67. The van der Waals surface area contributed by atoms with E-state index in [9.17, 15) is 14.9 Å². The minimum absolute atomic E-state index is 0.0689. The van der Waals surface area contributed by atoms with E-state index in [2.05, 4.69) is 15.9 Å². The summed E-state index contributed by atoms with van der Waals surface area (Å²) in [7, 11) is 0. The molecule has 0 bridgehead atoms. The van der Waals surface area contributed by atoms with Crippen molar-refractivity contribution < 1.29 is 9.72 Å². The molecule has 0 aromatic heterocycles. The van der Waals surface area contributed by atoms with E-state index in [0.29, 0.717) is 15.8 Å². The van der Waals surface area contributed by atoms with Gasteiger partial charge in [-0.2, -0.15) is 0 Å². The predicted molar refractivity (Wildman–Crippen MR) is 82.2 cm³/mol. The third-order valence-electron chi connectivity index (χ3n) is 2.67. The lowest BCUT2D eigenvalue weighted by molar-refractivity contribution is -0.385. The zero-order valence-electron chi connectivity index (χ0n) is 10.3. The molecule has 0 unspecified atom stereocenters. The molecule has 2 rings (SSSR count). The first-order valence-electron chi connectivity index (χ1n) is 5.71. The molecular formula is C14H10BrNO3S. The van der Waals surface area contributed by atoms with Crippen LogP contribution in [-0.2, 0) is 5.75 Å². The van der Waals surface area contributed by atoms with Crippen molar-refractivity contribution >= 4 is 39.7 Å². The summed E-state index contributed by atoms with van der Waals surface area (Å²) in [5, 5.41) is 10.9. The van der Waals surface area contributed by atoms with Crippen LogP contribution in [0.1, 0.15) is 15.9 Å². The van der Waals surface area contributed by atoms with Gasteiger partial charge in [-0.1, -0.05) is 24.3 Å². The number of benzene rings is 2. The van der Waals surface area contributed by atoms with Gasteiger partial charge < -0.3 is 0 Å². The summed E-state index contributed by atoms with van der Waals surface area (Å²) in [4.78, 5) is 22.0. The number of halogens is 1. The Kier molecular flexibility index (Phi) is 4.92. The van der Waals surface area contributed by atoms with Gasteiger partial charge in [0.1, 0.15) is 6.29 Å². The van der Waals surface area contributed by atoms with Crippen molar-refractivity contribution in [3.05, 3.63) is 68.2 Å². The molecule has 0 N–H and O–H groups in total. The van der Waals surface area contributed by atoms with Crippen molar-refractivity contribution in [1.29, 1.82) is 0 Å². The number of nitro groups is 1. The van der Waals surface area contributed by atoms with Crippen LogP contribution >= 0.6 is 27.7 Å². The predicted octanol–water partition coefficient (Wildman–Crippen LogP) is 4.46. The lowest BCUT2D eigenvalue weighted by Crippen LogP contribution is -1.92. The summed E-state index contributed by atoms with van der Waals surface area (Å²) in [6.07, 6.45) is 0.797. The normalized spacial score (nSPS) is 10.2. The number of rotatable bonds is 5. The van der Waals surface area contributed by atoms with Gasteiger partial charge in [-0.3, -0.25) is 14.9 Å². The van der Waals surface area contributed by atoms with Gasteiger partial charge >= 0.3 is 0 Å². The summed E-state index contributed by atoms with van der Waals surface area (Å²) in [6.45, 7) is 0. The van der Waals surface area contributed by atoms with Crippen LogP contribution in [0.2, 0.25) is 0 Å². The Balaban J connectivity index is 2.12. The van der Waals surface area contributed by atoms with E-state index in [1.165, 1.54) is 6.07 Å². The van der Waals surface area contributed by atoms with E-state index in [1.54, 1.807) is 30.0 Å². The number of aldehydes is 1. The number of nitrogens with zero attached hydrogens (tertiary/aromatic N) is 1. The fourth-order valence-electron chi connectivity index (χ4n) is 1.62. The molecule has 0 atom stereocenters. The minimum Gasteiger partial charge on any atom is -0.298 e. The molecule has 0 aliphatic heterocycles. The summed E-state index contributed by atoms with van der Waals surface area (Å²) in [6, 6.07) is 12.2. The van der Waals surface area contributed by atoms with Crippen molar-refractivity contribution in [2.75, 3.05) is 0 Å². The Hall–Kier alpha value is -1.66. The maximum absolute atomic E-state index is 10.9. The highest BCUT2D eigenvalue weighted by Gasteiger charge is 2.14. The van der Waals surface area contributed by atoms with Crippen LogP contribution in [0.4, 0.5) is 5.69 Å². The van der Waals surface area contributed by atoms with E-state index in [1.807, 2.05) is 18.2 Å². The molecule has 0 spiro atoms. The van der Waals surface area contributed by atoms with Gasteiger partial charge in [0.05, 0.1) is 9.40 Å². The summed E-state index contributed by atoms with van der Waals surface area (Å²) >= 11 is 4.84. The second-order valence-corrected chi connectivity index (χ2v) is 5.82. The molecule has 4 nitrogen and oxygen atoms in total. The molecule has 0 amide bonds. The van der Waals surface area contributed by atoms with Crippen LogP contribution in [0.3, 0.4) is 0 Å². The minimum atomic E-state index is -0.406. The zero-order chi connectivity index (χ0) is 14.5. The van der Waals surface area contributed by atoms with Crippen molar-refractivity contribution in [3.63, 3.8) is 0 Å². The zero-order valence-corrected chi connectivity index (χ0v) is 12.7. The number of thioether (sulfide) groups is 1. The average Bonchev–Trinajstić information content (AvgIpc) is 2.46. The maximum atomic E-state index is 10.9. The van der Waals surface area contributed by atoms with Crippen molar-refractivity contribution in [2.24, 2.45) is 0 Å². The molecule has 0 saturated carbocycles. The van der Waals surface area contributed by atoms with Gasteiger partial charge in [0.15, 0.2) is 0 Å². The van der Waals surface area contributed by atoms with E-state index in [0.717, 1.165) is 16.7 Å². The van der Waals surface area contributed by atoms with Crippen LogP contribution in [-0.4, -0.2) is 11.2 Å². The molecule has 0 radical (unpaired) electrons. The Bertz CT molecular complexity index is 643. The molecule has 2 aromatic rings. The van der Waals surface area contributed by atoms with Gasteiger partial charge in [-0.05, 0) is 33.6 Å². The number of carbonyl (C=O) groups is 1. The Morgan fingerprint density at radius 1 is 1.20 bits per heavy atom. The molecule has 0 saturated heterocycles. The van der Waals surface area contributed by atoms with Crippen molar-refractivity contribution in [3.8, 4) is 0 Å². The molecule has 2 aromatic carbocycles. The Morgan fingerprint density at radius 2 is 1.90 bits per heavy atom. The van der Waals surface area contributed by atoms with Gasteiger partial charge in [-0.15, -0.1) is 11.8 Å². The van der Waals surface area contributed by atoms with Gasteiger partial charge in [0.2, 0.25) is 0 Å². The molecule has 0 heterocycles.